The Morgan fingerprint density at radius 3 is 2.53 bits per heavy atom. The van der Waals surface area contributed by atoms with Gasteiger partial charge in [0, 0.05) is 25.5 Å². The van der Waals surface area contributed by atoms with Crippen LogP contribution < -0.4 is 5.32 Å². The normalized spacial score (nSPS) is 11.6. The highest BCUT2D eigenvalue weighted by Gasteiger charge is 2.04. The van der Waals surface area contributed by atoms with E-state index < -0.39 is 0 Å². The van der Waals surface area contributed by atoms with Gasteiger partial charge in [-0.25, -0.2) is 0 Å². The third-order valence-electron chi connectivity index (χ3n) is 3.32. The fourth-order valence-electron chi connectivity index (χ4n) is 2.06. The van der Waals surface area contributed by atoms with Gasteiger partial charge in [0.25, 0.3) is 0 Å². The second-order valence-electron chi connectivity index (χ2n) is 5.42. The van der Waals surface area contributed by atoms with Crippen molar-refractivity contribution in [2.75, 3.05) is 6.54 Å². The van der Waals surface area contributed by atoms with Gasteiger partial charge >= 0.3 is 0 Å². The minimum Gasteiger partial charge on any atom is -0.354 e. The zero-order valence-corrected chi connectivity index (χ0v) is 11.9. The van der Waals surface area contributed by atoms with Crippen LogP contribution in [-0.4, -0.2) is 11.1 Å². The van der Waals surface area contributed by atoms with E-state index in [0.717, 1.165) is 31.5 Å². The summed E-state index contributed by atoms with van der Waals surface area (Å²) in [4.78, 5) is 0. The van der Waals surface area contributed by atoms with E-state index in [9.17, 15) is 0 Å². The molecule has 0 aliphatic rings. The number of nitrogens with one attached hydrogen (secondary N) is 1. The van der Waals surface area contributed by atoms with Crippen LogP contribution in [0.5, 0.6) is 0 Å². The van der Waals surface area contributed by atoms with Crippen molar-refractivity contribution in [1.29, 1.82) is 0 Å². The molecule has 1 N–H and O–H groups in total. The third-order valence-corrected chi connectivity index (χ3v) is 3.32. The van der Waals surface area contributed by atoms with Crippen molar-refractivity contribution in [3.05, 3.63) is 24.0 Å². The van der Waals surface area contributed by atoms with Crippen LogP contribution >= 0.6 is 0 Å². The van der Waals surface area contributed by atoms with Crippen molar-refractivity contribution >= 4 is 0 Å². The fourth-order valence-corrected chi connectivity index (χ4v) is 2.06. The van der Waals surface area contributed by atoms with Crippen molar-refractivity contribution in [3.63, 3.8) is 0 Å². The molecule has 0 unspecified atom stereocenters. The van der Waals surface area contributed by atoms with Gasteiger partial charge in [-0.1, -0.05) is 40.5 Å². The lowest BCUT2D eigenvalue weighted by Crippen LogP contribution is -2.18. The molecule has 2 heteroatoms. The first kappa shape index (κ1) is 14.3. The monoisotopic (exact) mass is 236 g/mol. The molecule has 17 heavy (non-hydrogen) atoms. The Morgan fingerprint density at radius 1 is 1.24 bits per heavy atom. The molecule has 98 valence electrons. The molecule has 0 amide bonds. The van der Waals surface area contributed by atoms with Crippen LogP contribution in [0.3, 0.4) is 0 Å². The van der Waals surface area contributed by atoms with Gasteiger partial charge in [0.1, 0.15) is 0 Å². The molecule has 0 aliphatic carbocycles. The van der Waals surface area contributed by atoms with Crippen molar-refractivity contribution in [2.24, 2.45) is 11.8 Å². The van der Waals surface area contributed by atoms with Crippen LogP contribution in [0.4, 0.5) is 0 Å². The lowest BCUT2D eigenvalue weighted by Gasteiger charge is -2.12. The van der Waals surface area contributed by atoms with Crippen LogP contribution in [0.25, 0.3) is 0 Å². The lowest BCUT2D eigenvalue weighted by atomic mass is 10.0. The lowest BCUT2D eigenvalue weighted by molar-refractivity contribution is 0.419. The second kappa shape index (κ2) is 7.54. The Bertz CT molecular complexity index is 298. The van der Waals surface area contributed by atoms with E-state index in [0.29, 0.717) is 0 Å². The summed E-state index contributed by atoms with van der Waals surface area (Å²) in [6, 6.07) is 2.23. The number of hydrogen-bond donors (Lipinski definition) is 1. The largest absolute Gasteiger partial charge is 0.354 e. The molecule has 0 saturated carbocycles. The first-order valence-corrected chi connectivity index (χ1v) is 7.01. The molecular weight excluding hydrogens is 208 g/mol. The van der Waals surface area contributed by atoms with Gasteiger partial charge in [-0.05, 0) is 30.0 Å². The molecular formula is C15H28N2. The van der Waals surface area contributed by atoms with Gasteiger partial charge in [0.15, 0.2) is 0 Å². The highest BCUT2D eigenvalue weighted by molar-refractivity contribution is 5.09. The van der Waals surface area contributed by atoms with Gasteiger partial charge in [-0.15, -0.1) is 0 Å². The van der Waals surface area contributed by atoms with Gasteiger partial charge < -0.3 is 9.88 Å². The summed E-state index contributed by atoms with van der Waals surface area (Å²) < 4.78 is 2.34. The molecule has 0 saturated heterocycles. The highest BCUT2D eigenvalue weighted by Crippen LogP contribution is 2.12. The first-order valence-electron chi connectivity index (χ1n) is 7.01. The standard InChI is InChI=1S/C15H28N2/c1-5-14(6-2)11-17-8-7-15(12-17)10-16-9-13(3)4/h7-8,12-14,16H,5-6,9-11H2,1-4H3. The molecule has 1 rings (SSSR count). The van der Waals surface area contributed by atoms with Crippen molar-refractivity contribution in [2.45, 2.75) is 53.6 Å². The molecule has 0 aromatic carbocycles. The Labute approximate surface area is 106 Å². The first-order chi connectivity index (χ1) is 8.15. The van der Waals surface area contributed by atoms with E-state index in [1.807, 2.05) is 0 Å². The van der Waals surface area contributed by atoms with Gasteiger partial charge in [-0.2, -0.15) is 0 Å². The average Bonchev–Trinajstić information content (AvgIpc) is 2.73. The number of aromatic nitrogens is 1. The number of nitrogens with zero attached hydrogens (tertiary/aromatic N) is 1. The maximum absolute atomic E-state index is 3.48. The number of hydrogen-bond acceptors (Lipinski definition) is 1. The van der Waals surface area contributed by atoms with Gasteiger partial charge in [0.05, 0.1) is 0 Å². The van der Waals surface area contributed by atoms with Crippen LogP contribution in [0, 0.1) is 11.8 Å². The van der Waals surface area contributed by atoms with E-state index in [4.69, 9.17) is 0 Å². The maximum atomic E-state index is 3.48. The third kappa shape index (κ3) is 5.40. The van der Waals surface area contributed by atoms with Gasteiger partial charge in [0.2, 0.25) is 0 Å². The molecule has 0 bridgehead atoms. The summed E-state index contributed by atoms with van der Waals surface area (Å²) in [6.45, 7) is 12.3. The summed E-state index contributed by atoms with van der Waals surface area (Å²) in [6.07, 6.45) is 7.04. The molecule has 0 radical (unpaired) electrons. The van der Waals surface area contributed by atoms with Gasteiger partial charge in [-0.3, -0.25) is 0 Å². The SMILES string of the molecule is CCC(CC)Cn1ccc(CNCC(C)C)c1. The topological polar surface area (TPSA) is 17.0 Å². The van der Waals surface area contributed by atoms with Crippen molar-refractivity contribution in [3.8, 4) is 0 Å². The van der Waals surface area contributed by atoms with Crippen molar-refractivity contribution < 1.29 is 0 Å². The summed E-state index contributed by atoms with van der Waals surface area (Å²) in [5.41, 5.74) is 1.40. The number of rotatable bonds is 8. The smallest absolute Gasteiger partial charge is 0.0247 e. The van der Waals surface area contributed by atoms with Crippen LogP contribution in [0.2, 0.25) is 0 Å². The quantitative estimate of drug-likeness (QED) is 0.728. The Morgan fingerprint density at radius 2 is 1.94 bits per heavy atom. The zero-order chi connectivity index (χ0) is 12.7. The molecule has 1 heterocycles. The van der Waals surface area contributed by atoms with Crippen LogP contribution in [0.1, 0.15) is 46.1 Å². The minimum atomic E-state index is 0.724. The molecule has 0 spiro atoms. The second-order valence-corrected chi connectivity index (χ2v) is 5.42. The predicted molar refractivity (Wildman–Crippen MR) is 75.0 cm³/mol. The Balaban J connectivity index is 2.37. The van der Waals surface area contributed by atoms with E-state index in [1.54, 1.807) is 0 Å². The average molecular weight is 236 g/mol. The molecule has 0 atom stereocenters. The molecule has 0 fully saturated rings. The van der Waals surface area contributed by atoms with E-state index in [-0.39, 0.29) is 0 Å². The molecule has 1 aromatic heterocycles. The molecule has 0 aliphatic heterocycles. The highest BCUT2D eigenvalue weighted by atomic mass is 14.9. The Hall–Kier alpha value is -0.760. The Kier molecular flexibility index (Phi) is 6.35. The predicted octanol–water partition coefficient (Wildman–Crippen LogP) is 3.67. The summed E-state index contributed by atoms with van der Waals surface area (Å²) >= 11 is 0. The summed E-state index contributed by atoms with van der Waals surface area (Å²) in [5.74, 6) is 1.54. The minimum absolute atomic E-state index is 0.724. The molecule has 2 nitrogen and oxygen atoms in total. The van der Waals surface area contributed by atoms with E-state index >= 15 is 0 Å². The molecule has 1 aromatic rings. The van der Waals surface area contributed by atoms with Crippen molar-refractivity contribution in [1.82, 2.24) is 9.88 Å². The zero-order valence-electron chi connectivity index (χ0n) is 11.9. The fraction of sp³-hybridized carbons (Fsp3) is 0.733. The van der Waals surface area contributed by atoms with Crippen LogP contribution in [0.15, 0.2) is 18.5 Å². The summed E-state index contributed by atoms with van der Waals surface area (Å²) in [7, 11) is 0. The van der Waals surface area contributed by atoms with E-state index in [1.165, 1.54) is 18.4 Å². The van der Waals surface area contributed by atoms with E-state index in [2.05, 4.69) is 56.0 Å². The maximum Gasteiger partial charge on any atom is 0.0247 e. The van der Waals surface area contributed by atoms with Crippen LogP contribution in [-0.2, 0) is 13.1 Å². The summed E-state index contributed by atoms with van der Waals surface area (Å²) in [5, 5.41) is 3.48.